The van der Waals surface area contributed by atoms with Crippen LogP contribution in [-0.4, -0.2) is 29.4 Å². The molecule has 0 saturated heterocycles. The van der Waals surface area contributed by atoms with E-state index in [9.17, 15) is 4.79 Å². The molecule has 0 aliphatic rings. The van der Waals surface area contributed by atoms with E-state index in [0.29, 0.717) is 18.7 Å². The maximum Gasteiger partial charge on any atom is 0.273 e. The van der Waals surface area contributed by atoms with Gasteiger partial charge in [-0.3, -0.25) is 4.79 Å². The van der Waals surface area contributed by atoms with Gasteiger partial charge in [0.1, 0.15) is 10.7 Å². The fourth-order valence-electron chi connectivity index (χ4n) is 1.41. The van der Waals surface area contributed by atoms with Gasteiger partial charge in [0.05, 0.1) is 12.5 Å². The largest absolute Gasteiger partial charge is 0.339 e. The number of amides is 1. The Morgan fingerprint density at radius 3 is 3.06 bits per heavy atom. The molecule has 0 atom stereocenters. The molecule has 0 fully saturated rings. The third-order valence-electron chi connectivity index (χ3n) is 2.40. The third-order valence-corrected chi connectivity index (χ3v) is 3.97. The minimum atomic E-state index is -0.136. The van der Waals surface area contributed by atoms with Gasteiger partial charge in [-0.2, -0.15) is 16.6 Å². The zero-order valence-electron chi connectivity index (χ0n) is 9.79. The van der Waals surface area contributed by atoms with Crippen LogP contribution in [0.3, 0.4) is 0 Å². The zero-order valence-corrected chi connectivity index (χ0v) is 11.4. The zero-order chi connectivity index (χ0) is 13.0. The predicted molar refractivity (Wildman–Crippen MR) is 72.6 cm³/mol. The van der Waals surface area contributed by atoms with Crippen molar-refractivity contribution >= 4 is 28.6 Å². The van der Waals surface area contributed by atoms with E-state index in [2.05, 4.69) is 4.98 Å². The second-order valence-corrected chi connectivity index (χ2v) is 5.32. The summed E-state index contributed by atoms with van der Waals surface area (Å²) >= 11 is 3.06. The molecule has 0 aliphatic heterocycles. The number of hydrogen-bond donors (Lipinski definition) is 0. The van der Waals surface area contributed by atoms with Crippen LogP contribution in [0.1, 0.15) is 16.9 Å². The van der Waals surface area contributed by atoms with Gasteiger partial charge < -0.3 is 4.90 Å². The molecule has 18 heavy (non-hydrogen) atoms. The Labute approximate surface area is 113 Å². The van der Waals surface area contributed by atoms with Crippen LogP contribution in [0, 0.1) is 11.3 Å². The van der Waals surface area contributed by atoms with Gasteiger partial charge in [-0.1, -0.05) is 0 Å². The number of thiophene rings is 1. The first kappa shape index (κ1) is 12.7. The highest BCUT2D eigenvalue weighted by atomic mass is 32.1. The van der Waals surface area contributed by atoms with Crippen LogP contribution in [0.25, 0.3) is 10.6 Å². The topological polar surface area (TPSA) is 57.0 Å². The first-order valence-electron chi connectivity index (χ1n) is 5.33. The van der Waals surface area contributed by atoms with Crippen LogP contribution in [0.2, 0.25) is 0 Å². The van der Waals surface area contributed by atoms with E-state index >= 15 is 0 Å². The molecular formula is C12H11N3OS2. The molecule has 0 saturated carbocycles. The first-order valence-corrected chi connectivity index (χ1v) is 7.15. The molecule has 92 valence electrons. The SMILES string of the molecule is CN(CCC#N)C(=O)c1csc(-c2ccsc2)n1. The van der Waals surface area contributed by atoms with E-state index in [-0.39, 0.29) is 5.91 Å². The van der Waals surface area contributed by atoms with Gasteiger partial charge in [-0.25, -0.2) is 4.98 Å². The highest BCUT2D eigenvalue weighted by molar-refractivity contribution is 7.14. The van der Waals surface area contributed by atoms with Crippen molar-refractivity contribution in [2.45, 2.75) is 6.42 Å². The Balaban J connectivity index is 2.11. The standard InChI is InChI=1S/C12H11N3OS2/c1-15(5-2-4-13)12(16)10-8-18-11(14-10)9-3-6-17-7-9/h3,6-8H,2,5H2,1H3. The van der Waals surface area contributed by atoms with E-state index in [0.717, 1.165) is 10.6 Å². The van der Waals surface area contributed by atoms with Gasteiger partial charge in [-0.15, -0.1) is 11.3 Å². The first-order chi connectivity index (χ1) is 8.72. The van der Waals surface area contributed by atoms with Crippen LogP contribution in [-0.2, 0) is 0 Å². The van der Waals surface area contributed by atoms with Gasteiger partial charge in [0.2, 0.25) is 0 Å². The summed E-state index contributed by atoms with van der Waals surface area (Å²) in [5, 5.41) is 15.1. The lowest BCUT2D eigenvalue weighted by atomic mass is 10.3. The molecule has 0 N–H and O–H groups in total. The molecule has 2 rings (SSSR count). The van der Waals surface area contributed by atoms with Crippen molar-refractivity contribution in [3.63, 3.8) is 0 Å². The Morgan fingerprint density at radius 2 is 2.39 bits per heavy atom. The number of thiazole rings is 1. The summed E-state index contributed by atoms with van der Waals surface area (Å²) in [6.45, 7) is 0.431. The molecular weight excluding hydrogens is 266 g/mol. The maximum atomic E-state index is 12.0. The van der Waals surface area contributed by atoms with Crippen LogP contribution in [0.4, 0.5) is 0 Å². The van der Waals surface area contributed by atoms with Crippen LogP contribution < -0.4 is 0 Å². The summed E-state index contributed by atoms with van der Waals surface area (Å²) in [7, 11) is 1.68. The second-order valence-electron chi connectivity index (χ2n) is 3.68. The Morgan fingerprint density at radius 1 is 1.56 bits per heavy atom. The molecule has 0 radical (unpaired) electrons. The van der Waals surface area contributed by atoms with E-state index in [4.69, 9.17) is 5.26 Å². The predicted octanol–water partition coefficient (Wildman–Crippen LogP) is 2.86. The average Bonchev–Trinajstić information content (AvgIpc) is 3.04. The smallest absolute Gasteiger partial charge is 0.273 e. The molecule has 1 amide bonds. The maximum absolute atomic E-state index is 12.0. The lowest BCUT2D eigenvalue weighted by molar-refractivity contribution is 0.0793. The van der Waals surface area contributed by atoms with Crippen molar-refractivity contribution in [3.05, 3.63) is 27.9 Å². The van der Waals surface area contributed by atoms with E-state index in [1.54, 1.807) is 23.8 Å². The second kappa shape index (κ2) is 5.76. The van der Waals surface area contributed by atoms with E-state index in [1.807, 2.05) is 22.9 Å². The van der Waals surface area contributed by atoms with Crippen molar-refractivity contribution in [2.75, 3.05) is 13.6 Å². The minimum absolute atomic E-state index is 0.136. The van der Waals surface area contributed by atoms with E-state index < -0.39 is 0 Å². The summed E-state index contributed by atoms with van der Waals surface area (Å²) in [6, 6.07) is 4.01. The van der Waals surface area contributed by atoms with Crippen molar-refractivity contribution in [3.8, 4) is 16.6 Å². The number of carbonyl (C=O) groups is 1. The summed E-state index contributed by atoms with van der Waals surface area (Å²) in [5.41, 5.74) is 1.49. The summed E-state index contributed by atoms with van der Waals surface area (Å²) in [4.78, 5) is 17.9. The van der Waals surface area contributed by atoms with Gasteiger partial charge in [0.15, 0.2) is 0 Å². The Hall–Kier alpha value is -1.71. The van der Waals surface area contributed by atoms with Crippen molar-refractivity contribution in [1.82, 2.24) is 9.88 Å². The van der Waals surface area contributed by atoms with Gasteiger partial charge in [0, 0.05) is 29.9 Å². The fourth-order valence-corrected chi connectivity index (χ4v) is 2.91. The summed E-state index contributed by atoms with van der Waals surface area (Å²) < 4.78 is 0. The molecule has 2 heterocycles. The lowest BCUT2D eigenvalue weighted by Crippen LogP contribution is -2.27. The molecule has 0 aromatic carbocycles. The highest BCUT2D eigenvalue weighted by Gasteiger charge is 2.15. The van der Waals surface area contributed by atoms with Crippen molar-refractivity contribution < 1.29 is 4.79 Å². The third kappa shape index (κ3) is 2.75. The lowest BCUT2D eigenvalue weighted by Gasteiger charge is -2.13. The molecule has 2 aromatic rings. The molecule has 0 spiro atoms. The van der Waals surface area contributed by atoms with Crippen LogP contribution in [0.15, 0.2) is 22.2 Å². The van der Waals surface area contributed by atoms with Crippen LogP contribution >= 0.6 is 22.7 Å². The Bertz CT molecular complexity index is 568. The molecule has 4 nitrogen and oxygen atoms in total. The molecule has 2 aromatic heterocycles. The molecule has 0 unspecified atom stereocenters. The quantitative estimate of drug-likeness (QED) is 0.863. The highest BCUT2D eigenvalue weighted by Crippen LogP contribution is 2.25. The summed E-state index contributed by atoms with van der Waals surface area (Å²) in [5.74, 6) is -0.136. The van der Waals surface area contributed by atoms with Gasteiger partial charge in [-0.05, 0) is 11.4 Å². The van der Waals surface area contributed by atoms with Gasteiger partial charge >= 0.3 is 0 Å². The van der Waals surface area contributed by atoms with Crippen molar-refractivity contribution in [1.29, 1.82) is 5.26 Å². The number of hydrogen-bond acceptors (Lipinski definition) is 5. The normalized spacial score (nSPS) is 10.0. The summed E-state index contributed by atoms with van der Waals surface area (Å²) in [6.07, 6.45) is 0.337. The number of rotatable bonds is 4. The van der Waals surface area contributed by atoms with E-state index in [1.165, 1.54) is 16.2 Å². The number of nitriles is 1. The average molecular weight is 277 g/mol. The van der Waals surface area contributed by atoms with Crippen molar-refractivity contribution in [2.24, 2.45) is 0 Å². The molecule has 0 aliphatic carbocycles. The number of aromatic nitrogens is 1. The molecule has 6 heteroatoms. The minimum Gasteiger partial charge on any atom is -0.339 e. The Kier molecular flexibility index (Phi) is 4.07. The monoisotopic (exact) mass is 277 g/mol. The number of nitrogens with zero attached hydrogens (tertiary/aromatic N) is 3. The fraction of sp³-hybridized carbons (Fsp3) is 0.250. The molecule has 0 bridgehead atoms. The van der Waals surface area contributed by atoms with Gasteiger partial charge in [0.25, 0.3) is 5.91 Å². The number of carbonyl (C=O) groups excluding carboxylic acids is 1. The van der Waals surface area contributed by atoms with Crippen LogP contribution in [0.5, 0.6) is 0 Å².